The van der Waals surface area contributed by atoms with Crippen LogP contribution < -0.4 is 10.6 Å². The number of hydrogen-bond acceptors (Lipinski definition) is 2. The molecule has 0 aromatic heterocycles. The van der Waals surface area contributed by atoms with E-state index in [2.05, 4.69) is 46.1 Å². The number of halogens is 1. The Hall–Kier alpha value is -0.540. The fourth-order valence-electron chi connectivity index (χ4n) is 1.94. The van der Waals surface area contributed by atoms with Gasteiger partial charge in [-0.1, -0.05) is 15.9 Å². The van der Waals surface area contributed by atoms with Crippen LogP contribution in [0.25, 0.3) is 0 Å². The first kappa shape index (κ1) is 11.0. The standard InChI is InChI=1S/C12H17BrN2/c1-15(11-3-2-4-11)12-6-9(8-14)5-10(13)7-12/h5-7,11H,2-4,8,14H2,1H3. The lowest BCUT2D eigenvalue weighted by Crippen LogP contribution is -2.37. The van der Waals surface area contributed by atoms with Gasteiger partial charge in [-0.3, -0.25) is 0 Å². The Bertz CT molecular complexity index is 347. The first-order chi connectivity index (χ1) is 7.20. The van der Waals surface area contributed by atoms with Gasteiger partial charge in [0.15, 0.2) is 0 Å². The van der Waals surface area contributed by atoms with Crippen molar-refractivity contribution in [2.75, 3.05) is 11.9 Å². The molecule has 15 heavy (non-hydrogen) atoms. The second-order valence-corrected chi connectivity index (χ2v) is 5.13. The van der Waals surface area contributed by atoms with Crippen molar-refractivity contribution in [2.24, 2.45) is 5.73 Å². The third-order valence-electron chi connectivity index (χ3n) is 3.21. The van der Waals surface area contributed by atoms with Gasteiger partial charge in [-0.05, 0) is 43.0 Å². The van der Waals surface area contributed by atoms with E-state index in [1.165, 1.54) is 30.5 Å². The quantitative estimate of drug-likeness (QED) is 0.914. The van der Waals surface area contributed by atoms with E-state index >= 15 is 0 Å². The Morgan fingerprint density at radius 1 is 1.40 bits per heavy atom. The average Bonchev–Trinajstić information content (AvgIpc) is 2.14. The van der Waals surface area contributed by atoms with Gasteiger partial charge in [-0.2, -0.15) is 0 Å². The van der Waals surface area contributed by atoms with Gasteiger partial charge in [-0.15, -0.1) is 0 Å². The van der Waals surface area contributed by atoms with Crippen molar-refractivity contribution in [2.45, 2.75) is 31.8 Å². The van der Waals surface area contributed by atoms with Crippen LogP contribution in [0.4, 0.5) is 5.69 Å². The van der Waals surface area contributed by atoms with Gasteiger partial charge >= 0.3 is 0 Å². The van der Waals surface area contributed by atoms with E-state index in [4.69, 9.17) is 5.73 Å². The summed E-state index contributed by atoms with van der Waals surface area (Å²) in [5.74, 6) is 0. The summed E-state index contributed by atoms with van der Waals surface area (Å²) in [5, 5.41) is 0. The molecule has 82 valence electrons. The molecule has 0 spiro atoms. The van der Waals surface area contributed by atoms with Crippen molar-refractivity contribution in [1.29, 1.82) is 0 Å². The zero-order chi connectivity index (χ0) is 10.8. The Kier molecular flexibility index (Phi) is 3.32. The highest BCUT2D eigenvalue weighted by molar-refractivity contribution is 9.10. The number of benzene rings is 1. The van der Waals surface area contributed by atoms with Crippen molar-refractivity contribution in [3.63, 3.8) is 0 Å². The maximum Gasteiger partial charge on any atom is 0.0380 e. The lowest BCUT2D eigenvalue weighted by molar-refractivity contribution is 0.401. The molecule has 1 aliphatic rings. The predicted molar refractivity (Wildman–Crippen MR) is 68.1 cm³/mol. The summed E-state index contributed by atoms with van der Waals surface area (Å²) in [4.78, 5) is 2.37. The second kappa shape index (κ2) is 4.54. The number of nitrogens with zero attached hydrogens (tertiary/aromatic N) is 1. The topological polar surface area (TPSA) is 29.3 Å². The minimum atomic E-state index is 0.602. The Morgan fingerprint density at radius 2 is 2.13 bits per heavy atom. The van der Waals surface area contributed by atoms with Gasteiger partial charge in [0.1, 0.15) is 0 Å². The highest BCUT2D eigenvalue weighted by Gasteiger charge is 2.22. The molecule has 1 fully saturated rings. The number of rotatable bonds is 3. The normalized spacial score (nSPS) is 16.2. The molecule has 3 heteroatoms. The molecule has 0 amide bonds. The Balaban J connectivity index is 2.22. The largest absolute Gasteiger partial charge is 0.372 e. The van der Waals surface area contributed by atoms with Crippen molar-refractivity contribution in [3.05, 3.63) is 28.2 Å². The lowest BCUT2D eigenvalue weighted by atomic mass is 9.91. The molecule has 1 aliphatic carbocycles. The molecule has 0 bridgehead atoms. The minimum Gasteiger partial charge on any atom is -0.372 e. The van der Waals surface area contributed by atoms with E-state index in [0.717, 1.165) is 10.5 Å². The Morgan fingerprint density at radius 3 is 2.67 bits per heavy atom. The molecule has 2 rings (SSSR count). The molecule has 1 aromatic carbocycles. The summed E-state index contributed by atoms with van der Waals surface area (Å²) in [5.41, 5.74) is 8.13. The molecule has 0 atom stereocenters. The van der Waals surface area contributed by atoms with Gasteiger partial charge in [0, 0.05) is 29.8 Å². The molecule has 0 radical (unpaired) electrons. The minimum absolute atomic E-state index is 0.602. The smallest absolute Gasteiger partial charge is 0.0380 e. The van der Waals surface area contributed by atoms with Crippen LogP contribution >= 0.6 is 15.9 Å². The number of anilines is 1. The van der Waals surface area contributed by atoms with Gasteiger partial charge in [0.2, 0.25) is 0 Å². The zero-order valence-electron chi connectivity index (χ0n) is 9.04. The molecular formula is C12H17BrN2. The van der Waals surface area contributed by atoms with Gasteiger partial charge in [-0.25, -0.2) is 0 Å². The SMILES string of the molecule is CN(c1cc(Br)cc(CN)c1)C1CCC1. The van der Waals surface area contributed by atoms with E-state index in [-0.39, 0.29) is 0 Å². The second-order valence-electron chi connectivity index (χ2n) is 4.22. The molecular weight excluding hydrogens is 252 g/mol. The van der Waals surface area contributed by atoms with E-state index in [1.807, 2.05) is 0 Å². The molecule has 2 N–H and O–H groups in total. The van der Waals surface area contributed by atoms with Crippen LogP contribution in [0.2, 0.25) is 0 Å². The summed E-state index contributed by atoms with van der Waals surface area (Å²) in [6.07, 6.45) is 4.01. The fourth-order valence-corrected chi connectivity index (χ4v) is 2.47. The number of hydrogen-bond donors (Lipinski definition) is 1. The molecule has 0 unspecified atom stereocenters. The van der Waals surface area contributed by atoms with E-state index in [0.29, 0.717) is 6.54 Å². The van der Waals surface area contributed by atoms with Crippen LogP contribution in [-0.4, -0.2) is 13.1 Å². The third kappa shape index (κ3) is 2.34. The summed E-state index contributed by atoms with van der Waals surface area (Å²) in [6.45, 7) is 0.602. The van der Waals surface area contributed by atoms with E-state index in [9.17, 15) is 0 Å². The molecule has 1 saturated carbocycles. The van der Waals surface area contributed by atoms with Crippen LogP contribution in [0.15, 0.2) is 22.7 Å². The zero-order valence-corrected chi connectivity index (χ0v) is 10.6. The van der Waals surface area contributed by atoms with Crippen LogP contribution in [0, 0.1) is 0 Å². The third-order valence-corrected chi connectivity index (χ3v) is 3.67. The van der Waals surface area contributed by atoms with Crippen molar-refractivity contribution >= 4 is 21.6 Å². The summed E-state index contributed by atoms with van der Waals surface area (Å²) in [6, 6.07) is 7.16. The van der Waals surface area contributed by atoms with E-state index in [1.54, 1.807) is 0 Å². The molecule has 1 aromatic rings. The predicted octanol–water partition coefficient (Wildman–Crippen LogP) is 2.90. The van der Waals surface area contributed by atoms with Crippen LogP contribution in [-0.2, 0) is 6.54 Å². The number of nitrogens with two attached hydrogens (primary N) is 1. The van der Waals surface area contributed by atoms with Gasteiger partial charge < -0.3 is 10.6 Å². The summed E-state index contributed by atoms with van der Waals surface area (Å²) < 4.78 is 1.12. The van der Waals surface area contributed by atoms with Crippen molar-refractivity contribution in [1.82, 2.24) is 0 Å². The van der Waals surface area contributed by atoms with Crippen LogP contribution in [0.5, 0.6) is 0 Å². The summed E-state index contributed by atoms with van der Waals surface area (Å²) >= 11 is 3.53. The van der Waals surface area contributed by atoms with E-state index < -0.39 is 0 Å². The maximum atomic E-state index is 5.67. The van der Waals surface area contributed by atoms with Gasteiger partial charge in [0.05, 0.1) is 0 Å². The highest BCUT2D eigenvalue weighted by atomic mass is 79.9. The first-order valence-corrected chi connectivity index (χ1v) is 6.22. The Labute approximate surface area is 99.6 Å². The van der Waals surface area contributed by atoms with Crippen LogP contribution in [0.3, 0.4) is 0 Å². The maximum absolute atomic E-state index is 5.67. The van der Waals surface area contributed by atoms with Crippen molar-refractivity contribution < 1.29 is 0 Å². The monoisotopic (exact) mass is 268 g/mol. The summed E-state index contributed by atoms with van der Waals surface area (Å²) in [7, 11) is 2.17. The lowest BCUT2D eigenvalue weighted by Gasteiger charge is -2.36. The fraction of sp³-hybridized carbons (Fsp3) is 0.500. The highest BCUT2D eigenvalue weighted by Crippen LogP contribution is 2.30. The van der Waals surface area contributed by atoms with Gasteiger partial charge in [0.25, 0.3) is 0 Å². The van der Waals surface area contributed by atoms with Crippen molar-refractivity contribution in [3.8, 4) is 0 Å². The first-order valence-electron chi connectivity index (χ1n) is 5.43. The molecule has 0 heterocycles. The molecule has 0 aliphatic heterocycles. The molecule has 2 nitrogen and oxygen atoms in total. The van der Waals surface area contributed by atoms with Crippen LogP contribution in [0.1, 0.15) is 24.8 Å². The molecule has 0 saturated heterocycles. The average molecular weight is 269 g/mol.